The molecule has 0 radical (unpaired) electrons. The molecule has 9 heavy (non-hydrogen) atoms. The number of nitrogens with two attached hydrogens (primary N) is 2. The molecule has 50 valence electrons. The summed E-state index contributed by atoms with van der Waals surface area (Å²) in [6, 6.07) is 0. The van der Waals surface area contributed by atoms with Crippen molar-refractivity contribution >= 4 is 11.9 Å². The Morgan fingerprint density at radius 1 is 1.33 bits per heavy atom. The van der Waals surface area contributed by atoms with Gasteiger partial charge >= 0.3 is 0 Å². The zero-order valence-electron chi connectivity index (χ0n) is 5.13. The van der Waals surface area contributed by atoms with Crippen molar-refractivity contribution in [3.8, 4) is 0 Å². The van der Waals surface area contributed by atoms with E-state index in [1.807, 2.05) is 0 Å². The van der Waals surface area contributed by atoms with Gasteiger partial charge in [-0.3, -0.25) is 5.14 Å². The second-order valence-corrected chi connectivity index (χ2v) is 2.02. The van der Waals surface area contributed by atoms with Crippen molar-refractivity contribution in [1.29, 1.82) is 0 Å². The molecule has 0 heterocycles. The molecule has 0 aliphatic rings. The van der Waals surface area contributed by atoms with Gasteiger partial charge in [0.05, 0.1) is 0 Å². The molecule has 0 saturated heterocycles. The van der Waals surface area contributed by atoms with E-state index in [4.69, 9.17) is 10.9 Å². The van der Waals surface area contributed by atoms with Gasteiger partial charge in [-0.25, -0.2) is 0 Å². The van der Waals surface area contributed by atoms with Crippen LogP contribution >= 0.6 is 11.9 Å². The van der Waals surface area contributed by atoms with E-state index in [-0.39, 0.29) is 0 Å². The van der Waals surface area contributed by atoms with Crippen LogP contribution in [0.1, 0.15) is 0 Å². The van der Waals surface area contributed by atoms with E-state index in [0.29, 0.717) is 5.70 Å². The molecule has 0 aliphatic heterocycles. The lowest BCUT2D eigenvalue weighted by atomic mass is 10.4. The highest BCUT2D eigenvalue weighted by molar-refractivity contribution is 8.01. The molecule has 0 aliphatic carbocycles. The summed E-state index contributed by atoms with van der Waals surface area (Å²) < 4.78 is 0. The number of hydrogen-bond donors (Lipinski definition) is 2. The number of rotatable bonds is 3. The Kier molecular flexibility index (Phi) is 3.92. The van der Waals surface area contributed by atoms with Gasteiger partial charge in [0.2, 0.25) is 0 Å². The van der Waals surface area contributed by atoms with Crippen LogP contribution in [0.15, 0.2) is 35.9 Å². The first kappa shape index (κ1) is 8.33. The Morgan fingerprint density at radius 2 is 1.89 bits per heavy atom. The minimum absolute atomic E-state index is 0.567. The molecule has 2 nitrogen and oxygen atoms in total. The third-order valence-electron chi connectivity index (χ3n) is 0.817. The monoisotopic (exact) mass is 142 g/mol. The molecular weight excluding hydrogens is 132 g/mol. The van der Waals surface area contributed by atoms with Gasteiger partial charge in [-0.15, -0.1) is 0 Å². The summed E-state index contributed by atoms with van der Waals surface area (Å²) in [5.41, 5.74) is 5.99. The summed E-state index contributed by atoms with van der Waals surface area (Å²) in [5, 5.41) is 5.22. The molecule has 4 N–H and O–H groups in total. The van der Waals surface area contributed by atoms with Gasteiger partial charge in [0.15, 0.2) is 0 Å². The largest absolute Gasteiger partial charge is 0.398 e. The summed E-state index contributed by atoms with van der Waals surface area (Å²) in [4.78, 5) is 0.755. The van der Waals surface area contributed by atoms with Crippen molar-refractivity contribution in [3.63, 3.8) is 0 Å². The average Bonchev–Trinajstić information content (AvgIpc) is 1.90. The molecule has 0 aromatic rings. The molecule has 0 aromatic carbocycles. The first-order valence-electron chi connectivity index (χ1n) is 2.37. The van der Waals surface area contributed by atoms with Crippen molar-refractivity contribution < 1.29 is 0 Å². The third-order valence-corrected chi connectivity index (χ3v) is 1.47. The van der Waals surface area contributed by atoms with E-state index in [1.54, 1.807) is 6.08 Å². The van der Waals surface area contributed by atoms with Gasteiger partial charge in [0, 0.05) is 10.6 Å². The fourth-order valence-electron chi connectivity index (χ4n) is 0.335. The standard InChI is InChI=1S/C6H10N2S/c1-3-5(7)6(4-2)9-8/h3-4H,1-2,7-8H2/b6-5-. The van der Waals surface area contributed by atoms with Crippen LogP contribution in [0.4, 0.5) is 0 Å². The fourth-order valence-corrected chi connectivity index (χ4v) is 0.650. The number of allylic oxidation sites excluding steroid dienone is 2. The minimum atomic E-state index is 0.567. The summed E-state index contributed by atoms with van der Waals surface area (Å²) in [6.45, 7) is 6.99. The molecule has 0 fully saturated rings. The zero-order chi connectivity index (χ0) is 7.28. The molecule has 0 unspecified atom stereocenters. The van der Waals surface area contributed by atoms with E-state index in [2.05, 4.69) is 13.2 Å². The van der Waals surface area contributed by atoms with Crippen LogP contribution in [-0.2, 0) is 0 Å². The minimum Gasteiger partial charge on any atom is -0.398 e. The van der Waals surface area contributed by atoms with Gasteiger partial charge in [0.25, 0.3) is 0 Å². The lowest BCUT2D eigenvalue weighted by Gasteiger charge is -1.96. The molecule has 3 heteroatoms. The molecule has 0 atom stereocenters. The Balaban J connectivity index is 4.36. The normalized spacial score (nSPS) is 12.1. The second-order valence-electron chi connectivity index (χ2n) is 1.35. The van der Waals surface area contributed by atoms with Gasteiger partial charge in [0.1, 0.15) is 0 Å². The highest BCUT2D eigenvalue weighted by Gasteiger charge is 1.91. The highest BCUT2D eigenvalue weighted by atomic mass is 32.2. The lowest BCUT2D eigenvalue weighted by molar-refractivity contribution is 1.42. The van der Waals surface area contributed by atoms with Crippen molar-refractivity contribution in [2.45, 2.75) is 0 Å². The SMILES string of the molecule is C=C/C(N)=C(\C=C)SN. The van der Waals surface area contributed by atoms with Crippen LogP contribution in [-0.4, -0.2) is 0 Å². The predicted octanol–water partition coefficient (Wildman–Crippen LogP) is 1.14. The van der Waals surface area contributed by atoms with Crippen molar-refractivity contribution in [2.75, 3.05) is 0 Å². The molecule has 0 aromatic heterocycles. The van der Waals surface area contributed by atoms with E-state index in [0.717, 1.165) is 16.9 Å². The van der Waals surface area contributed by atoms with Crippen LogP contribution in [0, 0.1) is 0 Å². The Labute approximate surface area is 59.4 Å². The summed E-state index contributed by atoms with van der Waals surface area (Å²) >= 11 is 1.07. The van der Waals surface area contributed by atoms with E-state index in [9.17, 15) is 0 Å². The quantitative estimate of drug-likeness (QED) is 0.459. The van der Waals surface area contributed by atoms with Gasteiger partial charge in [-0.05, 0) is 18.0 Å². The maximum atomic E-state index is 5.43. The maximum absolute atomic E-state index is 5.43. The summed E-state index contributed by atoms with van der Waals surface area (Å²) in [6.07, 6.45) is 3.14. The van der Waals surface area contributed by atoms with Crippen LogP contribution in [0.2, 0.25) is 0 Å². The molecule has 0 saturated carbocycles. The summed E-state index contributed by atoms with van der Waals surface area (Å²) in [7, 11) is 0. The molecule has 0 amide bonds. The first-order valence-corrected chi connectivity index (χ1v) is 3.25. The maximum Gasteiger partial charge on any atom is 0.0459 e. The molecule has 0 rings (SSSR count). The van der Waals surface area contributed by atoms with Crippen LogP contribution < -0.4 is 10.9 Å². The second kappa shape index (κ2) is 4.23. The van der Waals surface area contributed by atoms with E-state index >= 15 is 0 Å². The Bertz CT molecular complexity index is 149. The third kappa shape index (κ3) is 2.39. The topological polar surface area (TPSA) is 52.0 Å². The predicted molar refractivity (Wildman–Crippen MR) is 43.4 cm³/mol. The van der Waals surface area contributed by atoms with Gasteiger partial charge < -0.3 is 5.73 Å². The molecule has 0 bridgehead atoms. The molecule has 0 spiro atoms. The van der Waals surface area contributed by atoms with Crippen LogP contribution in [0.5, 0.6) is 0 Å². The number of hydrogen-bond acceptors (Lipinski definition) is 3. The van der Waals surface area contributed by atoms with E-state index < -0.39 is 0 Å². The summed E-state index contributed by atoms with van der Waals surface area (Å²) in [5.74, 6) is 0. The zero-order valence-corrected chi connectivity index (χ0v) is 5.95. The van der Waals surface area contributed by atoms with Crippen molar-refractivity contribution in [1.82, 2.24) is 0 Å². The van der Waals surface area contributed by atoms with Crippen LogP contribution in [0.3, 0.4) is 0 Å². The first-order chi connectivity index (χ1) is 4.26. The lowest BCUT2D eigenvalue weighted by Crippen LogP contribution is -1.96. The van der Waals surface area contributed by atoms with Gasteiger partial charge in [-0.2, -0.15) is 0 Å². The Hall–Kier alpha value is -0.670. The molecular formula is C6H10N2S. The van der Waals surface area contributed by atoms with E-state index in [1.165, 1.54) is 6.08 Å². The Morgan fingerprint density at radius 3 is 2.00 bits per heavy atom. The fraction of sp³-hybridized carbons (Fsp3) is 0. The smallest absolute Gasteiger partial charge is 0.0459 e. The average molecular weight is 142 g/mol. The highest BCUT2D eigenvalue weighted by Crippen LogP contribution is 2.11. The van der Waals surface area contributed by atoms with Crippen LogP contribution in [0.25, 0.3) is 0 Å². The van der Waals surface area contributed by atoms with Gasteiger partial charge in [-0.1, -0.05) is 19.2 Å². The van der Waals surface area contributed by atoms with Crippen molar-refractivity contribution in [2.24, 2.45) is 10.9 Å². The van der Waals surface area contributed by atoms with Crippen molar-refractivity contribution in [3.05, 3.63) is 35.9 Å².